The van der Waals surface area contributed by atoms with E-state index in [0.29, 0.717) is 5.41 Å². The van der Waals surface area contributed by atoms with Crippen molar-refractivity contribution in [1.82, 2.24) is 15.6 Å². The number of hydrogen-bond donors (Lipinski definition) is 2. The Morgan fingerprint density at radius 2 is 2.15 bits per heavy atom. The molecule has 1 fully saturated rings. The van der Waals surface area contributed by atoms with Crippen LogP contribution in [0.15, 0.2) is 11.2 Å². The lowest BCUT2D eigenvalue weighted by molar-refractivity contribution is 0.283. The molecule has 1 aliphatic rings. The Bertz CT molecular complexity index is 446. The lowest BCUT2D eigenvalue weighted by atomic mass is 9.83. The van der Waals surface area contributed by atoms with Gasteiger partial charge in [0, 0.05) is 24.7 Å². The molecule has 0 saturated heterocycles. The summed E-state index contributed by atoms with van der Waals surface area (Å²) >= 11 is 1.73. The van der Waals surface area contributed by atoms with Crippen molar-refractivity contribution in [2.75, 3.05) is 13.6 Å². The van der Waals surface area contributed by atoms with Crippen molar-refractivity contribution in [2.45, 2.75) is 52.5 Å². The number of rotatable bonds is 5. The number of aromatic nitrogens is 1. The SMILES string of the molecule is CCC1(CNC(=NC)NCc2ncc(C)s2)CCCC1. The summed E-state index contributed by atoms with van der Waals surface area (Å²) in [4.78, 5) is 9.92. The first-order valence-corrected chi connectivity index (χ1v) is 8.35. The predicted molar refractivity (Wildman–Crippen MR) is 86.2 cm³/mol. The molecule has 0 amide bonds. The van der Waals surface area contributed by atoms with Crippen LogP contribution in [0.25, 0.3) is 0 Å². The zero-order valence-electron chi connectivity index (χ0n) is 12.8. The normalized spacial score (nSPS) is 18.2. The van der Waals surface area contributed by atoms with Gasteiger partial charge in [-0.05, 0) is 31.6 Å². The Balaban J connectivity index is 1.80. The Morgan fingerprint density at radius 1 is 1.40 bits per heavy atom. The number of nitrogens with zero attached hydrogens (tertiary/aromatic N) is 2. The molecule has 4 nitrogen and oxygen atoms in total. The summed E-state index contributed by atoms with van der Waals surface area (Å²) in [6.07, 6.45) is 8.61. The highest BCUT2D eigenvalue weighted by Gasteiger charge is 2.31. The number of guanidine groups is 1. The summed E-state index contributed by atoms with van der Waals surface area (Å²) in [6, 6.07) is 0. The smallest absolute Gasteiger partial charge is 0.191 e. The molecule has 2 rings (SSSR count). The van der Waals surface area contributed by atoms with Crippen molar-refractivity contribution in [3.8, 4) is 0 Å². The highest BCUT2D eigenvalue weighted by molar-refractivity contribution is 7.11. The molecule has 20 heavy (non-hydrogen) atoms. The lowest BCUT2D eigenvalue weighted by Crippen LogP contribution is -2.42. The van der Waals surface area contributed by atoms with Crippen LogP contribution in [0.3, 0.4) is 0 Å². The first kappa shape index (κ1) is 15.3. The van der Waals surface area contributed by atoms with Crippen LogP contribution in [0.5, 0.6) is 0 Å². The molecule has 0 aromatic carbocycles. The minimum absolute atomic E-state index is 0.482. The number of thiazole rings is 1. The van der Waals surface area contributed by atoms with Gasteiger partial charge in [0.15, 0.2) is 5.96 Å². The van der Waals surface area contributed by atoms with Crippen LogP contribution in [0.4, 0.5) is 0 Å². The fraction of sp³-hybridized carbons (Fsp3) is 0.733. The van der Waals surface area contributed by atoms with E-state index in [2.05, 4.69) is 34.5 Å². The van der Waals surface area contributed by atoms with Gasteiger partial charge >= 0.3 is 0 Å². The number of aryl methyl sites for hydroxylation is 1. The third-order valence-corrected chi connectivity index (χ3v) is 5.26. The molecule has 1 saturated carbocycles. The van der Waals surface area contributed by atoms with Crippen molar-refractivity contribution in [2.24, 2.45) is 10.4 Å². The first-order chi connectivity index (χ1) is 9.67. The summed E-state index contributed by atoms with van der Waals surface area (Å²) < 4.78 is 0. The van der Waals surface area contributed by atoms with Crippen molar-refractivity contribution in [3.05, 3.63) is 16.1 Å². The maximum absolute atomic E-state index is 4.36. The number of aliphatic imine (C=N–C) groups is 1. The second-order valence-corrected chi connectivity index (χ2v) is 7.02. The molecule has 0 aliphatic heterocycles. The van der Waals surface area contributed by atoms with E-state index >= 15 is 0 Å². The largest absolute Gasteiger partial charge is 0.356 e. The van der Waals surface area contributed by atoms with E-state index < -0.39 is 0 Å². The highest BCUT2D eigenvalue weighted by atomic mass is 32.1. The van der Waals surface area contributed by atoms with E-state index in [1.807, 2.05) is 13.2 Å². The molecule has 112 valence electrons. The molecule has 0 spiro atoms. The van der Waals surface area contributed by atoms with E-state index in [1.54, 1.807) is 11.3 Å². The van der Waals surface area contributed by atoms with Crippen LogP contribution < -0.4 is 10.6 Å². The van der Waals surface area contributed by atoms with Gasteiger partial charge in [-0.2, -0.15) is 0 Å². The number of hydrogen-bond acceptors (Lipinski definition) is 3. The fourth-order valence-corrected chi connectivity index (χ4v) is 3.64. The van der Waals surface area contributed by atoms with Gasteiger partial charge < -0.3 is 10.6 Å². The summed E-state index contributed by atoms with van der Waals surface area (Å²) in [7, 11) is 1.83. The maximum Gasteiger partial charge on any atom is 0.191 e. The van der Waals surface area contributed by atoms with Crippen LogP contribution in [0.2, 0.25) is 0 Å². The van der Waals surface area contributed by atoms with Crippen LogP contribution >= 0.6 is 11.3 Å². The molecule has 2 N–H and O–H groups in total. The van der Waals surface area contributed by atoms with E-state index in [9.17, 15) is 0 Å². The molecule has 1 aromatic rings. The van der Waals surface area contributed by atoms with E-state index in [-0.39, 0.29) is 0 Å². The highest BCUT2D eigenvalue weighted by Crippen LogP contribution is 2.40. The van der Waals surface area contributed by atoms with Gasteiger partial charge in [0.05, 0.1) is 6.54 Å². The van der Waals surface area contributed by atoms with Gasteiger partial charge in [0.25, 0.3) is 0 Å². The van der Waals surface area contributed by atoms with Crippen molar-refractivity contribution in [1.29, 1.82) is 0 Å². The monoisotopic (exact) mass is 294 g/mol. The predicted octanol–water partition coefficient (Wildman–Crippen LogP) is 3.09. The summed E-state index contributed by atoms with van der Waals surface area (Å²) in [6.45, 7) is 6.16. The van der Waals surface area contributed by atoms with Gasteiger partial charge in [-0.1, -0.05) is 19.8 Å². The van der Waals surface area contributed by atoms with Crippen LogP contribution in [0, 0.1) is 12.3 Å². The average molecular weight is 294 g/mol. The standard InChI is InChI=1S/C15H26N4S/c1-4-15(7-5-6-8-15)11-19-14(16-3)18-10-13-17-9-12(2)20-13/h9H,4-8,10-11H2,1-3H3,(H2,16,18,19). The summed E-state index contributed by atoms with van der Waals surface area (Å²) in [5, 5.41) is 7.95. The van der Waals surface area contributed by atoms with Gasteiger partial charge in [-0.3, -0.25) is 4.99 Å². The number of nitrogens with one attached hydrogen (secondary N) is 2. The minimum Gasteiger partial charge on any atom is -0.356 e. The first-order valence-electron chi connectivity index (χ1n) is 7.53. The van der Waals surface area contributed by atoms with Crippen LogP contribution in [0.1, 0.15) is 48.9 Å². The molecule has 1 aliphatic carbocycles. The van der Waals surface area contributed by atoms with Crippen molar-refractivity contribution >= 4 is 17.3 Å². The third-order valence-electron chi connectivity index (χ3n) is 4.34. The van der Waals surface area contributed by atoms with Crippen molar-refractivity contribution in [3.63, 3.8) is 0 Å². The maximum atomic E-state index is 4.36. The molecular formula is C15H26N4S. The molecule has 1 aromatic heterocycles. The van der Waals surface area contributed by atoms with Crippen molar-refractivity contribution < 1.29 is 0 Å². The zero-order chi connectivity index (χ0) is 14.4. The van der Waals surface area contributed by atoms with Crippen LogP contribution in [-0.2, 0) is 6.54 Å². The van der Waals surface area contributed by atoms with Crippen LogP contribution in [-0.4, -0.2) is 24.5 Å². The fourth-order valence-electron chi connectivity index (χ4n) is 2.91. The summed E-state index contributed by atoms with van der Waals surface area (Å²) in [5.74, 6) is 0.887. The zero-order valence-corrected chi connectivity index (χ0v) is 13.6. The third kappa shape index (κ3) is 3.95. The second kappa shape index (κ2) is 7.07. The van der Waals surface area contributed by atoms with Gasteiger partial charge in [-0.15, -0.1) is 11.3 Å². The Morgan fingerprint density at radius 3 is 2.70 bits per heavy atom. The molecule has 0 unspecified atom stereocenters. The quantitative estimate of drug-likeness (QED) is 0.648. The summed E-state index contributed by atoms with van der Waals surface area (Å²) in [5.41, 5.74) is 0.482. The van der Waals surface area contributed by atoms with Gasteiger partial charge in [0.1, 0.15) is 5.01 Å². The van der Waals surface area contributed by atoms with E-state index in [0.717, 1.165) is 24.1 Å². The topological polar surface area (TPSA) is 49.3 Å². The molecular weight excluding hydrogens is 268 g/mol. The van der Waals surface area contributed by atoms with E-state index in [4.69, 9.17) is 0 Å². The minimum atomic E-state index is 0.482. The molecule has 0 atom stereocenters. The Hall–Kier alpha value is -1.10. The Kier molecular flexibility index (Phi) is 5.40. The Labute approximate surface area is 126 Å². The van der Waals surface area contributed by atoms with Gasteiger partial charge in [0.2, 0.25) is 0 Å². The molecule has 5 heteroatoms. The lowest BCUT2D eigenvalue weighted by Gasteiger charge is -2.28. The average Bonchev–Trinajstić information content (AvgIpc) is 3.09. The second-order valence-electron chi connectivity index (χ2n) is 5.70. The molecule has 0 bridgehead atoms. The molecule has 0 radical (unpaired) electrons. The van der Waals surface area contributed by atoms with E-state index in [1.165, 1.54) is 37.0 Å². The van der Waals surface area contributed by atoms with Gasteiger partial charge in [-0.25, -0.2) is 4.98 Å². The molecule has 1 heterocycles.